The quantitative estimate of drug-likeness (QED) is 0.181. The van der Waals surface area contributed by atoms with Crippen molar-refractivity contribution in [1.29, 1.82) is 0 Å². The predicted octanol–water partition coefficient (Wildman–Crippen LogP) is 4.08. The van der Waals surface area contributed by atoms with Crippen LogP contribution in [-0.4, -0.2) is 63.8 Å². The van der Waals surface area contributed by atoms with E-state index < -0.39 is 59.4 Å². The van der Waals surface area contributed by atoms with Gasteiger partial charge in [-0.05, 0) is 76.0 Å². The van der Waals surface area contributed by atoms with Gasteiger partial charge < -0.3 is 24.4 Å². The number of allylic oxidation sites excluding steroid dienone is 1. The summed E-state index contributed by atoms with van der Waals surface area (Å²) >= 11 is 0. The van der Waals surface area contributed by atoms with Gasteiger partial charge in [-0.3, -0.25) is 24.0 Å². The Morgan fingerprint density at radius 2 is 1.70 bits per heavy atom. The number of carboxylic acids is 1. The minimum atomic E-state index is -1.78. The van der Waals surface area contributed by atoms with E-state index in [9.17, 15) is 29.1 Å². The van der Waals surface area contributed by atoms with E-state index in [4.69, 9.17) is 19.3 Å². The number of ether oxygens (including phenoxy) is 3. The number of aliphatic carboxylic acids is 1. The van der Waals surface area contributed by atoms with Crippen molar-refractivity contribution in [2.75, 3.05) is 6.61 Å². The lowest BCUT2D eigenvalue weighted by molar-refractivity contribution is -0.163. The summed E-state index contributed by atoms with van der Waals surface area (Å²) in [7, 11) is 0. The topological polar surface area (TPSA) is 154 Å². The first kappa shape index (κ1) is 33.2. The smallest absolute Gasteiger partial charge is 0.309 e. The first-order chi connectivity index (χ1) is 18.4. The van der Waals surface area contributed by atoms with Crippen LogP contribution in [0.3, 0.4) is 0 Å². The summed E-state index contributed by atoms with van der Waals surface area (Å²) in [4.78, 5) is 60.5. The maximum Gasteiger partial charge on any atom is 0.309 e. The van der Waals surface area contributed by atoms with Gasteiger partial charge in [-0.15, -0.1) is 0 Å². The zero-order valence-corrected chi connectivity index (χ0v) is 24.5. The maximum absolute atomic E-state index is 12.9. The van der Waals surface area contributed by atoms with Crippen molar-refractivity contribution in [3.8, 4) is 0 Å². The summed E-state index contributed by atoms with van der Waals surface area (Å²) in [6.07, 6.45) is 2.64. The van der Waals surface area contributed by atoms with Gasteiger partial charge in [-0.1, -0.05) is 13.5 Å². The third-order valence-corrected chi connectivity index (χ3v) is 8.26. The molecule has 2 unspecified atom stereocenters. The molecule has 0 aromatic carbocycles. The lowest BCUT2D eigenvalue weighted by Crippen LogP contribution is -2.45. The average Bonchev–Trinajstić information content (AvgIpc) is 3.13. The predicted molar refractivity (Wildman–Crippen MR) is 145 cm³/mol. The van der Waals surface area contributed by atoms with Crippen molar-refractivity contribution < 1.29 is 48.4 Å². The molecule has 5 atom stereocenters. The third-order valence-electron chi connectivity index (χ3n) is 8.26. The van der Waals surface area contributed by atoms with Gasteiger partial charge in [0.05, 0.1) is 18.4 Å². The van der Waals surface area contributed by atoms with Crippen LogP contribution < -0.4 is 0 Å². The number of carboxylic acid groups (broad SMARTS) is 1. The molecule has 1 fully saturated rings. The molecule has 2 aliphatic rings. The fourth-order valence-corrected chi connectivity index (χ4v) is 6.27. The molecule has 0 bridgehead atoms. The molecule has 224 valence electrons. The molecule has 2 rings (SSSR count). The van der Waals surface area contributed by atoms with E-state index in [1.807, 2.05) is 20.8 Å². The fourth-order valence-electron chi connectivity index (χ4n) is 6.27. The second-order valence-corrected chi connectivity index (χ2v) is 12.3. The van der Waals surface area contributed by atoms with Crippen LogP contribution in [0.1, 0.15) is 92.9 Å². The van der Waals surface area contributed by atoms with Crippen LogP contribution in [0.4, 0.5) is 0 Å². The summed E-state index contributed by atoms with van der Waals surface area (Å²) < 4.78 is 17.0. The van der Waals surface area contributed by atoms with Crippen LogP contribution in [0.5, 0.6) is 0 Å². The van der Waals surface area contributed by atoms with Gasteiger partial charge in [0, 0.05) is 31.6 Å². The average molecular weight is 565 g/mol. The van der Waals surface area contributed by atoms with E-state index >= 15 is 0 Å². The zero-order valence-electron chi connectivity index (χ0n) is 24.5. The van der Waals surface area contributed by atoms with E-state index in [0.29, 0.717) is 36.8 Å². The van der Waals surface area contributed by atoms with E-state index in [-0.39, 0.29) is 37.1 Å². The summed E-state index contributed by atoms with van der Waals surface area (Å²) in [6, 6.07) is 0. The van der Waals surface area contributed by atoms with Gasteiger partial charge in [-0.2, -0.15) is 0 Å². The summed E-state index contributed by atoms with van der Waals surface area (Å²) in [5.74, 6) is -3.22. The molecule has 2 aliphatic carbocycles. The van der Waals surface area contributed by atoms with Crippen molar-refractivity contribution in [1.82, 2.24) is 0 Å². The Bertz CT molecular complexity index is 1050. The van der Waals surface area contributed by atoms with Crippen molar-refractivity contribution in [2.24, 2.45) is 17.3 Å². The van der Waals surface area contributed by atoms with Gasteiger partial charge in [0.2, 0.25) is 0 Å². The number of hydrogen-bond donors (Lipinski definition) is 2. The first-order valence-electron chi connectivity index (χ1n) is 13.7. The maximum atomic E-state index is 12.9. The summed E-state index contributed by atoms with van der Waals surface area (Å²) in [5.41, 5.74) is -2.13. The number of ketones is 1. The number of hydrogen-bond acceptors (Lipinski definition) is 9. The molecule has 40 heavy (non-hydrogen) atoms. The largest absolute Gasteiger partial charge is 0.481 e. The van der Waals surface area contributed by atoms with Crippen molar-refractivity contribution in [3.05, 3.63) is 23.8 Å². The highest BCUT2D eigenvalue weighted by Crippen LogP contribution is 2.56. The van der Waals surface area contributed by atoms with Gasteiger partial charge in [-0.25, -0.2) is 0 Å². The Labute approximate surface area is 236 Å². The number of rotatable bonds is 9. The lowest BCUT2D eigenvalue weighted by Gasteiger charge is -2.43. The monoisotopic (exact) mass is 564 g/mol. The van der Waals surface area contributed by atoms with Gasteiger partial charge in [0.15, 0.2) is 5.78 Å². The third kappa shape index (κ3) is 9.01. The highest BCUT2D eigenvalue weighted by molar-refractivity contribution is 5.94. The Kier molecular flexibility index (Phi) is 10.9. The van der Waals surface area contributed by atoms with Crippen LogP contribution >= 0.6 is 0 Å². The molecule has 0 saturated heterocycles. The lowest BCUT2D eigenvalue weighted by atomic mass is 9.67. The van der Waals surface area contributed by atoms with E-state index in [2.05, 4.69) is 6.58 Å². The van der Waals surface area contributed by atoms with Crippen LogP contribution in [-0.2, 0) is 38.2 Å². The molecule has 0 spiro atoms. The minimum absolute atomic E-state index is 0.0748. The molecule has 0 radical (unpaired) electrons. The number of esters is 3. The molecule has 10 nitrogen and oxygen atoms in total. The number of carbonyl (C=O) groups excluding carboxylic acids is 4. The fraction of sp³-hybridized carbons (Fsp3) is 0.700. The highest BCUT2D eigenvalue weighted by Gasteiger charge is 2.55. The number of Topliss-reactive ketones (excluding diaryl/α,β-unsaturated/α-hetero) is 1. The Morgan fingerprint density at radius 3 is 2.27 bits per heavy atom. The minimum Gasteiger partial charge on any atom is -0.481 e. The number of fused-ring (bicyclic) bond motifs is 1. The molecule has 10 heteroatoms. The molecular weight excluding hydrogens is 520 g/mol. The van der Waals surface area contributed by atoms with Crippen LogP contribution in [0, 0.1) is 17.3 Å². The van der Waals surface area contributed by atoms with Crippen LogP contribution in [0.25, 0.3) is 0 Å². The Balaban J connectivity index is 2.45. The second-order valence-electron chi connectivity index (χ2n) is 12.3. The van der Waals surface area contributed by atoms with Crippen molar-refractivity contribution in [3.63, 3.8) is 0 Å². The van der Waals surface area contributed by atoms with E-state index in [1.165, 1.54) is 20.8 Å². The molecule has 0 amide bonds. The second kappa shape index (κ2) is 13.1. The van der Waals surface area contributed by atoms with Crippen LogP contribution in [0.15, 0.2) is 23.8 Å². The SMILES string of the molecule is C=C1CC[C@@H]2[C@@H](C(C)(C)OC(C)=O)CC[C@@]2(C)C(OC(C)=O)/C=C(/COC(=O)CC(C)(O)CC(=O)O)CCC1=O. The van der Waals surface area contributed by atoms with Gasteiger partial charge in [0.1, 0.15) is 18.3 Å². The Morgan fingerprint density at radius 1 is 1.05 bits per heavy atom. The van der Waals surface area contributed by atoms with Gasteiger partial charge >= 0.3 is 23.9 Å². The highest BCUT2D eigenvalue weighted by atomic mass is 16.6. The first-order valence-corrected chi connectivity index (χ1v) is 13.7. The van der Waals surface area contributed by atoms with Crippen LogP contribution in [0.2, 0.25) is 0 Å². The molecule has 0 aliphatic heterocycles. The van der Waals surface area contributed by atoms with E-state index in [0.717, 1.165) is 0 Å². The Hall–Kier alpha value is -3.01. The standard InChI is InChI=1S/C30H44O10/c1-18-8-10-23-22(28(4,5)40-20(3)32)12-13-30(23,7)25(39-19(2)31)14-21(9-11-24(18)33)17-38-27(36)16-29(6,37)15-26(34)35/h14,22-23,25,37H,1,8-13,15-17H2,2-7H3,(H,34,35)/b21-14+/t22-,23+,25?,29?,30+/m0/s1. The molecule has 2 N–H and O–H groups in total. The molecule has 0 heterocycles. The van der Waals surface area contributed by atoms with E-state index in [1.54, 1.807) is 6.08 Å². The van der Waals surface area contributed by atoms with Crippen molar-refractivity contribution in [2.45, 2.75) is 110 Å². The zero-order chi connectivity index (χ0) is 30.5. The number of carbonyl (C=O) groups is 5. The van der Waals surface area contributed by atoms with Gasteiger partial charge in [0.25, 0.3) is 0 Å². The summed E-state index contributed by atoms with van der Waals surface area (Å²) in [6.45, 7) is 13.5. The van der Waals surface area contributed by atoms with Crippen molar-refractivity contribution >= 4 is 29.7 Å². The summed E-state index contributed by atoms with van der Waals surface area (Å²) in [5, 5.41) is 19.2. The molecule has 0 aromatic rings. The number of aliphatic hydroxyl groups is 1. The normalized spacial score (nSPS) is 28.7. The molecule has 0 aromatic heterocycles. The molecular formula is C30H44O10. The molecule has 1 saturated carbocycles.